The van der Waals surface area contributed by atoms with Gasteiger partial charge in [-0.1, -0.05) is 10.5 Å². The molecule has 0 saturated carbocycles. The van der Waals surface area contributed by atoms with Crippen LogP contribution in [0.1, 0.15) is 26.3 Å². The van der Waals surface area contributed by atoms with Gasteiger partial charge in [-0.2, -0.15) is 0 Å². The first-order chi connectivity index (χ1) is 9.21. The molecule has 2 aromatic rings. The second-order valence-corrected chi connectivity index (χ2v) is 7.68. The van der Waals surface area contributed by atoms with Crippen molar-refractivity contribution in [2.75, 3.05) is 0 Å². The van der Waals surface area contributed by atoms with Crippen LogP contribution in [0.25, 0.3) is 11.0 Å². The van der Waals surface area contributed by atoms with Gasteiger partial charge >= 0.3 is 5.69 Å². The van der Waals surface area contributed by atoms with Crippen molar-refractivity contribution in [3.8, 4) is 0 Å². The lowest BCUT2D eigenvalue weighted by Crippen LogP contribution is -2.25. The van der Waals surface area contributed by atoms with E-state index in [-0.39, 0.29) is 10.4 Å². The highest BCUT2D eigenvalue weighted by atomic mass is 32.2. The maximum absolute atomic E-state index is 11.9. The highest BCUT2D eigenvalue weighted by Gasteiger charge is 2.25. The zero-order valence-electron chi connectivity index (χ0n) is 12.4. The largest absolute Gasteiger partial charge is 0.591 e. The Morgan fingerprint density at radius 3 is 2.40 bits per heavy atom. The van der Waals surface area contributed by atoms with Gasteiger partial charge in [0, 0.05) is 14.1 Å². The fourth-order valence-electron chi connectivity index (χ4n) is 1.87. The molecule has 6 heteroatoms. The number of rotatable bonds is 2. The Hall–Kier alpha value is -1.53. The molecule has 1 aromatic carbocycles. The average Bonchev–Trinajstić information content (AvgIpc) is 2.60. The predicted molar refractivity (Wildman–Crippen MR) is 83.6 cm³/mol. The van der Waals surface area contributed by atoms with Crippen LogP contribution in [0.2, 0.25) is 0 Å². The van der Waals surface area contributed by atoms with Crippen LogP contribution in [-0.4, -0.2) is 24.6 Å². The standard InChI is InChI=1S/C14H19N3O2S/c1-14(2,3)20(19)15-9-10-6-7-11-12(8-10)17(5)13(18)16(11)4/h6-9H,1-5H3/b15-9+. The Balaban J connectivity index is 2.41. The Morgan fingerprint density at radius 1 is 1.20 bits per heavy atom. The highest BCUT2D eigenvalue weighted by Crippen LogP contribution is 2.18. The predicted octanol–water partition coefficient (Wildman–Crippen LogP) is 1.76. The second kappa shape index (κ2) is 5.10. The summed E-state index contributed by atoms with van der Waals surface area (Å²) in [6.07, 6.45) is 1.60. The number of benzene rings is 1. The number of nitrogens with zero attached hydrogens (tertiary/aromatic N) is 3. The Kier molecular flexibility index (Phi) is 3.80. The minimum absolute atomic E-state index is 0.0626. The van der Waals surface area contributed by atoms with E-state index in [0.717, 1.165) is 16.6 Å². The molecule has 0 radical (unpaired) electrons. The molecule has 1 unspecified atom stereocenters. The molecule has 0 spiro atoms. The van der Waals surface area contributed by atoms with Gasteiger partial charge in [-0.3, -0.25) is 9.13 Å². The lowest BCUT2D eigenvalue weighted by atomic mass is 10.2. The van der Waals surface area contributed by atoms with Crippen LogP contribution in [-0.2, 0) is 25.5 Å². The summed E-state index contributed by atoms with van der Waals surface area (Å²) in [5.74, 6) is 0. The first-order valence-corrected chi connectivity index (χ1v) is 7.44. The molecule has 1 heterocycles. The van der Waals surface area contributed by atoms with Crippen molar-refractivity contribution in [1.82, 2.24) is 9.13 Å². The monoisotopic (exact) mass is 293 g/mol. The van der Waals surface area contributed by atoms with Crippen molar-refractivity contribution in [2.24, 2.45) is 18.5 Å². The van der Waals surface area contributed by atoms with Crippen molar-refractivity contribution in [3.05, 3.63) is 34.2 Å². The minimum atomic E-state index is -1.28. The molecule has 5 nitrogen and oxygen atoms in total. The molecule has 0 N–H and O–H groups in total. The molecule has 0 fully saturated rings. The van der Waals surface area contributed by atoms with Gasteiger partial charge in [0.1, 0.15) is 16.1 Å². The fraction of sp³-hybridized carbons (Fsp3) is 0.429. The molecule has 108 valence electrons. The Morgan fingerprint density at radius 2 is 1.80 bits per heavy atom. The third-order valence-electron chi connectivity index (χ3n) is 3.12. The van der Waals surface area contributed by atoms with E-state index in [1.165, 1.54) is 0 Å². The quantitative estimate of drug-likeness (QED) is 0.625. The van der Waals surface area contributed by atoms with Gasteiger partial charge in [-0.15, -0.1) is 0 Å². The Labute approximate surface area is 121 Å². The van der Waals surface area contributed by atoms with Gasteiger partial charge in [0.15, 0.2) is 0 Å². The average molecular weight is 293 g/mol. The van der Waals surface area contributed by atoms with E-state index in [2.05, 4.69) is 4.40 Å². The summed E-state index contributed by atoms with van der Waals surface area (Å²) >= 11 is -1.28. The lowest BCUT2D eigenvalue weighted by molar-refractivity contribution is 0.562. The molecule has 2 rings (SSSR count). The van der Waals surface area contributed by atoms with Gasteiger partial charge < -0.3 is 4.55 Å². The number of aryl methyl sites for hydroxylation is 2. The molecular weight excluding hydrogens is 274 g/mol. The Bertz CT molecular complexity index is 722. The zero-order valence-corrected chi connectivity index (χ0v) is 13.2. The number of fused-ring (bicyclic) bond motifs is 1. The molecule has 1 aromatic heterocycles. The molecular formula is C14H19N3O2S. The zero-order chi connectivity index (χ0) is 15.1. The third-order valence-corrected chi connectivity index (χ3v) is 4.46. The van der Waals surface area contributed by atoms with E-state index in [1.54, 1.807) is 29.4 Å². The number of hydrogen-bond acceptors (Lipinski definition) is 3. The van der Waals surface area contributed by atoms with Crippen molar-refractivity contribution >= 4 is 28.6 Å². The molecule has 0 bridgehead atoms. The van der Waals surface area contributed by atoms with Crippen molar-refractivity contribution in [2.45, 2.75) is 25.5 Å². The molecule has 1 atom stereocenters. The summed E-state index contributed by atoms with van der Waals surface area (Å²) in [5, 5.41) is 0. The van der Waals surface area contributed by atoms with E-state index in [0.29, 0.717) is 0 Å². The van der Waals surface area contributed by atoms with Crippen molar-refractivity contribution in [1.29, 1.82) is 0 Å². The fourth-order valence-corrected chi connectivity index (χ4v) is 2.40. The van der Waals surface area contributed by atoms with E-state index >= 15 is 0 Å². The highest BCUT2D eigenvalue weighted by molar-refractivity contribution is 7.91. The summed E-state index contributed by atoms with van der Waals surface area (Å²) < 4.78 is 18.8. The minimum Gasteiger partial charge on any atom is -0.591 e. The summed E-state index contributed by atoms with van der Waals surface area (Å²) in [6.45, 7) is 5.64. The summed E-state index contributed by atoms with van der Waals surface area (Å²) in [6, 6.07) is 5.61. The first kappa shape index (κ1) is 14.9. The number of imidazole rings is 1. The topological polar surface area (TPSA) is 62.3 Å². The molecule has 20 heavy (non-hydrogen) atoms. The smallest absolute Gasteiger partial charge is 0.328 e. The maximum Gasteiger partial charge on any atom is 0.328 e. The molecule has 0 aliphatic carbocycles. The van der Waals surface area contributed by atoms with Crippen molar-refractivity contribution < 1.29 is 4.55 Å². The molecule has 0 aliphatic rings. The van der Waals surface area contributed by atoms with Crippen molar-refractivity contribution in [3.63, 3.8) is 0 Å². The molecule has 0 saturated heterocycles. The number of hydrogen-bond donors (Lipinski definition) is 0. The number of aromatic nitrogens is 2. The maximum atomic E-state index is 11.9. The summed E-state index contributed by atoms with van der Waals surface area (Å²) in [5.41, 5.74) is 2.47. The van der Waals surface area contributed by atoms with Crippen LogP contribution >= 0.6 is 0 Å². The molecule has 0 amide bonds. The normalized spacial score (nSPS) is 14.3. The first-order valence-electron chi connectivity index (χ1n) is 6.33. The van der Waals surface area contributed by atoms with Gasteiger partial charge in [-0.05, 0) is 38.5 Å². The van der Waals surface area contributed by atoms with Crippen LogP contribution < -0.4 is 5.69 Å². The van der Waals surface area contributed by atoms with Crippen LogP contribution in [0.15, 0.2) is 27.4 Å². The van der Waals surface area contributed by atoms with Gasteiger partial charge in [0.2, 0.25) is 0 Å². The second-order valence-electron chi connectivity index (χ2n) is 5.74. The van der Waals surface area contributed by atoms with E-state index < -0.39 is 11.4 Å². The van der Waals surface area contributed by atoms with E-state index in [1.807, 2.05) is 39.0 Å². The van der Waals surface area contributed by atoms with Gasteiger partial charge in [0.05, 0.1) is 17.2 Å². The lowest BCUT2D eigenvalue weighted by Gasteiger charge is -2.17. The van der Waals surface area contributed by atoms with Gasteiger partial charge in [-0.25, -0.2) is 4.79 Å². The SMILES string of the molecule is Cn1c(=O)n(C)c2cc(/C=N/[S+]([O-])C(C)(C)C)ccc21. The summed E-state index contributed by atoms with van der Waals surface area (Å²) in [4.78, 5) is 11.8. The summed E-state index contributed by atoms with van der Waals surface area (Å²) in [7, 11) is 3.48. The van der Waals surface area contributed by atoms with Crippen LogP contribution in [0, 0.1) is 0 Å². The third kappa shape index (κ3) is 2.66. The van der Waals surface area contributed by atoms with Crippen LogP contribution in [0.4, 0.5) is 0 Å². The van der Waals surface area contributed by atoms with Crippen LogP contribution in [0.5, 0.6) is 0 Å². The van der Waals surface area contributed by atoms with Gasteiger partial charge in [0.25, 0.3) is 0 Å². The van der Waals surface area contributed by atoms with Crippen LogP contribution in [0.3, 0.4) is 0 Å². The van der Waals surface area contributed by atoms with E-state index in [4.69, 9.17) is 0 Å². The van der Waals surface area contributed by atoms with E-state index in [9.17, 15) is 9.35 Å². The molecule has 0 aliphatic heterocycles.